The van der Waals surface area contributed by atoms with E-state index in [9.17, 15) is 19.7 Å². The number of hydrogen-bond acceptors (Lipinski definition) is 10. The number of carbonyl (C=O) groups excluding carboxylic acids is 1. The molecule has 256 valence electrons. The van der Waals surface area contributed by atoms with E-state index in [4.69, 9.17) is 41.8 Å². The van der Waals surface area contributed by atoms with Gasteiger partial charge in [-0.05, 0) is 68.8 Å². The van der Waals surface area contributed by atoms with E-state index in [-0.39, 0.29) is 30.2 Å². The second kappa shape index (κ2) is 14.8. The number of furan rings is 1. The summed E-state index contributed by atoms with van der Waals surface area (Å²) in [6.07, 6.45) is 1.71. The summed E-state index contributed by atoms with van der Waals surface area (Å²) in [6, 6.07) is 18.8. The molecule has 1 aliphatic rings. The smallest absolute Gasteiger partial charge is 0.338 e. The monoisotopic (exact) mass is 733 g/mol. The Morgan fingerprint density at radius 2 is 1.86 bits per heavy atom. The molecule has 5 aromatic rings. The number of nitro benzene ring substituents is 1. The molecule has 0 radical (unpaired) electrons. The van der Waals surface area contributed by atoms with Crippen molar-refractivity contribution in [1.82, 2.24) is 4.57 Å². The first-order chi connectivity index (χ1) is 24.1. The van der Waals surface area contributed by atoms with Crippen LogP contribution in [0.2, 0.25) is 10.0 Å². The number of fused-ring (bicyclic) bond motifs is 1. The largest absolute Gasteiger partial charge is 0.490 e. The molecule has 0 saturated heterocycles. The second-order valence-electron chi connectivity index (χ2n) is 11.0. The number of allylic oxidation sites excluding steroid dienone is 1. The number of halogens is 2. The summed E-state index contributed by atoms with van der Waals surface area (Å²) in [6.45, 7) is 5.88. The third-order valence-electron chi connectivity index (χ3n) is 7.72. The third-order valence-corrected chi connectivity index (χ3v) is 9.29. The molecule has 0 bridgehead atoms. The van der Waals surface area contributed by atoms with Gasteiger partial charge in [0.1, 0.15) is 24.2 Å². The molecule has 0 unspecified atom stereocenters. The molecule has 0 fully saturated rings. The van der Waals surface area contributed by atoms with Gasteiger partial charge in [-0.25, -0.2) is 9.79 Å². The van der Waals surface area contributed by atoms with E-state index in [1.807, 2.05) is 6.92 Å². The maximum absolute atomic E-state index is 14.1. The highest BCUT2D eigenvalue weighted by Crippen LogP contribution is 2.35. The van der Waals surface area contributed by atoms with E-state index in [0.717, 1.165) is 16.9 Å². The van der Waals surface area contributed by atoms with Gasteiger partial charge in [-0.2, -0.15) is 0 Å². The van der Waals surface area contributed by atoms with Crippen molar-refractivity contribution in [2.75, 3.05) is 13.2 Å². The summed E-state index contributed by atoms with van der Waals surface area (Å²) in [5, 5.41) is 12.4. The molecular weight excluding hydrogens is 705 g/mol. The zero-order chi connectivity index (χ0) is 35.5. The molecular formula is C36H29Cl2N3O8S. The maximum Gasteiger partial charge on any atom is 0.338 e. The van der Waals surface area contributed by atoms with E-state index in [2.05, 4.69) is 4.99 Å². The standard InChI is InChI=1S/C36H29Cl2N3O8S/c1-4-46-30-15-21(9-12-28(30)48-19-23-10-11-24(37)18-26(23)38)16-31-34(42)40-33(32(35(43)47-5-2)20(3)39-36(40)50-31)29-14-13-27(49-29)22-7-6-8-25(17-22)41(44)45/h6-18,33H,4-5,19H2,1-3H3/b31-16-/t33-/m1/s1. The van der Waals surface area contributed by atoms with Crippen molar-refractivity contribution in [2.45, 2.75) is 33.4 Å². The van der Waals surface area contributed by atoms with Crippen LogP contribution in [0.15, 0.2) is 98.3 Å². The van der Waals surface area contributed by atoms with Gasteiger partial charge in [0.25, 0.3) is 11.2 Å². The zero-order valence-electron chi connectivity index (χ0n) is 27.0. The lowest BCUT2D eigenvalue weighted by atomic mass is 10.0. The van der Waals surface area contributed by atoms with Gasteiger partial charge >= 0.3 is 5.97 Å². The van der Waals surface area contributed by atoms with Crippen molar-refractivity contribution in [2.24, 2.45) is 4.99 Å². The number of aromatic nitrogens is 1. The molecule has 6 rings (SSSR count). The van der Waals surface area contributed by atoms with E-state index >= 15 is 0 Å². The Morgan fingerprint density at radius 3 is 2.60 bits per heavy atom. The minimum atomic E-state index is -1.01. The van der Waals surface area contributed by atoms with Crippen molar-refractivity contribution < 1.29 is 28.3 Å². The second-order valence-corrected chi connectivity index (χ2v) is 12.8. The molecule has 50 heavy (non-hydrogen) atoms. The quantitative estimate of drug-likeness (QED) is 0.0787. The predicted molar refractivity (Wildman–Crippen MR) is 190 cm³/mol. The number of rotatable bonds is 11. The lowest BCUT2D eigenvalue weighted by Gasteiger charge is -2.22. The van der Waals surface area contributed by atoms with Gasteiger partial charge in [-0.3, -0.25) is 19.5 Å². The van der Waals surface area contributed by atoms with Crippen molar-refractivity contribution in [3.05, 3.63) is 141 Å². The first kappa shape index (κ1) is 34.7. The number of nitro groups is 1. The van der Waals surface area contributed by atoms with Crippen LogP contribution in [0.5, 0.6) is 11.5 Å². The number of thiazole rings is 1. The highest BCUT2D eigenvalue weighted by atomic mass is 35.5. The van der Waals surface area contributed by atoms with Crippen molar-refractivity contribution in [3.63, 3.8) is 0 Å². The van der Waals surface area contributed by atoms with Gasteiger partial charge in [0, 0.05) is 33.3 Å². The fourth-order valence-corrected chi connectivity index (χ4v) is 6.95. The number of carbonyl (C=O) groups is 1. The average molecular weight is 735 g/mol. The lowest BCUT2D eigenvalue weighted by Crippen LogP contribution is -2.39. The number of esters is 1. The first-order valence-corrected chi connectivity index (χ1v) is 17.0. The Bertz CT molecular complexity index is 2340. The van der Waals surface area contributed by atoms with Crippen LogP contribution in [0, 0.1) is 10.1 Å². The fraction of sp³-hybridized carbons (Fsp3) is 0.194. The molecule has 2 aromatic heterocycles. The number of non-ortho nitro benzene ring substituents is 1. The van der Waals surface area contributed by atoms with Crippen LogP contribution < -0.4 is 24.4 Å². The van der Waals surface area contributed by atoms with Gasteiger partial charge in [0.15, 0.2) is 16.3 Å². The molecule has 1 atom stereocenters. The molecule has 0 saturated carbocycles. The Kier molecular flexibility index (Phi) is 10.2. The fourth-order valence-electron chi connectivity index (χ4n) is 5.44. The van der Waals surface area contributed by atoms with E-state index < -0.39 is 22.5 Å². The van der Waals surface area contributed by atoms with Crippen LogP contribution in [0.3, 0.4) is 0 Å². The van der Waals surface area contributed by atoms with E-state index in [1.165, 1.54) is 16.7 Å². The van der Waals surface area contributed by atoms with Gasteiger partial charge in [0.2, 0.25) is 0 Å². The molecule has 3 heterocycles. The molecule has 0 amide bonds. The molecule has 11 nitrogen and oxygen atoms in total. The zero-order valence-corrected chi connectivity index (χ0v) is 29.3. The SMILES string of the molecule is CCOC(=O)C1=C(C)N=c2s/c(=C\c3ccc(OCc4ccc(Cl)cc4Cl)c(OCC)c3)c(=O)n2[C@@H]1c1ccc(-c2cccc([N+](=O)[O-])c2)o1. The van der Waals surface area contributed by atoms with Crippen LogP contribution in [-0.4, -0.2) is 28.7 Å². The molecule has 3 aromatic carbocycles. The number of benzene rings is 3. The number of hydrogen-bond donors (Lipinski definition) is 0. The molecule has 0 spiro atoms. The normalized spacial score (nSPS) is 14.3. The minimum Gasteiger partial charge on any atom is -0.490 e. The molecule has 0 aliphatic carbocycles. The Morgan fingerprint density at radius 1 is 1.04 bits per heavy atom. The Hall–Kier alpha value is -5.17. The topological polar surface area (TPSA) is 135 Å². The molecule has 1 aliphatic heterocycles. The van der Waals surface area contributed by atoms with Gasteiger partial charge in [-0.1, -0.05) is 58.8 Å². The summed E-state index contributed by atoms with van der Waals surface area (Å²) in [4.78, 5) is 43.3. The van der Waals surface area contributed by atoms with Gasteiger partial charge in [0.05, 0.1) is 33.9 Å². The van der Waals surface area contributed by atoms with Crippen LogP contribution in [0.25, 0.3) is 17.4 Å². The summed E-state index contributed by atoms with van der Waals surface area (Å²) in [5.74, 6) is 0.911. The maximum atomic E-state index is 14.1. The lowest BCUT2D eigenvalue weighted by molar-refractivity contribution is -0.384. The van der Waals surface area contributed by atoms with Crippen molar-refractivity contribution >= 4 is 52.3 Å². The van der Waals surface area contributed by atoms with Crippen LogP contribution >= 0.6 is 34.5 Å². The average Bonchev–Trinajstić information content (AvgIpc) is 3.69. The van der Waals surface area contributed by atoms with Crippen molar-refractivity contribution in [1.29, 1.82) is 0 Å². The summed E-state index contributed by atoms with van der Waals surface area (Å²) < 4.78 is 25.2. The molecule has 14 heteroatoms. The summed E-state index contributed by atoms with van der Waals surface area (Å²) in [7, 11) is 0. The van der Waals surface area contributed by atoms with Crippen molar-refractivity contribution in [3.8, 4) is 22.8 Å². The number of nitrogens with zero attached hydrogens (tertiary/aromatic N) is 3. The highest BCUT2D eigenvalue weighted by Gasteiger charge is 2.35. The summed E-state index contributed by atoms with van der Waals surface area (Å²) in [5.41, 5.74) is 1.89. The summed E-state index contributed by atoms with van der Waals surface area (Å²) >= 11 is 13.5. The highest BCUT2D eigenvalue weighted by molar-refractivity contribution is 7.07. The third kappa shape index (κ3) is 7.09. The van der Waals surface area contributed by atoms with Gasteiger partial charge in [-0.15, -0.1) is 0 Å². The molecule has 0 N–H and O–H groups in total. The first-order valence-electron chi connectivity index (χ1n) is 15.5. The van der Waals surface area contributed by atoms with E-state index in [0.29, 0.717) is 60.1 Å². The van der Waals surface area contributed by atoms with Crippen LogP contribution in [0.4, 0.5) is 5.69 Å². The van der Waals surface area contributed by atoms with Crippen LogP contribution in [-0.2, 0) is 16.1 Å². The van der Waals surface area contributed by atoms with E-state index in [1.54, 1.807) is 80.6 Å². The van der Waals surface area contributed by atoms with Crippen LogP contribution in [0.1, 0.15) is 43.7 Å². The Balaban J connectivity index is 1.39. The predicted octanol–water partition coefficient (Wildman–Crippen LogP) is 7.25. The number of ether oxygens (including phenoxy) is 3. The minimum absolute atomic E-state index is 0.102. The van der Waals surface area contributed by atoms with Gasteiger partial charge < -0.3 is 18.6 Å². The Labute approximate surface area is 299 Å².